The number of anilines is 3. The molecule has 94 valence electrons. The van der Waals surface area contributed by atoms with Gasteiger partial charge in [0.05, 0.1) is 11.4 Å². The van der Waals surface area contributed by atoms with Crippen molar-refractivity contribution in [2.24, 2.45) is 0 Å². The summed E-state index contributed by atoms with van der Waals surface area (Å²) in [5.74, 6) is 0. The van der Waals surface area contributed by atoms with E-state index in [0.717, 1.165) is 27.8 Å². The third kappa shape index (κ3) is 1.99. The Kier molecular flexibility index (Phi) is 2.80. The van der Waals surface area contributed by atoms with Gasteiger partial charge in [0, 0.05) is 35.9 Å². The Morgan fingerprint density at radius 1 is 1.00 bits per heavy atom. The summed E-state index contributed by atoms with van der Waals surface area (Å²) in [6, 6.07) is 16.2. The first-order chi connectivity index (χ1) is 9.27. The molecule has 19 heavy (non-hydrogen) atoms. The quantitative estimate of drug-likeness (QED) is 0.706. The summed E-state index contributed by atoms with van der Waals surface area (Å²) in [6.45, 7) is 0. The SMILES string of the molecule is CN(c1ccccc1)c1ccc2cnccc2c1N. The van der Waals surface area contributed by atoms with E-state index in [1.807, 2.05) is 49.6 Å². The molecule has 0 bridgehead atoms. The van der Waals surface area contributed by atoms with Crippen molar-refractivity contribution < 1.29 is 0 Å². The molecule has 0 aliphatic carbocycles. The second-order valence-corrected chi connectivity index (χ2v) is 4.49. The first kappa shape index (κ1) is 11.5. The highest BCUT2D eigenvalue weighted by Crippen LogP contribution is 2.33. The normalized spacial score (nSPS) is 10.6. The highest BCUT2D eigenvalue weighted by atomic mass is 15.1. The number of aromatic nitrogens is 1. The third-order valence-corrected chi connectivity index (χ3v) is 3.34. The molecule has 3 aromatic rings. The number of para-hydroxylation sites is 1. The van der Waals surface area contributed by atoms with Crippen molar-refractivity contribution in [2.45, 2.75) is 0 Å². The summed E-state index contributed by atoms with van der Waals surface area (Å²) in [7, 11) is 2.02. The number of hydrogen-bond acceptors (Lipinski definition) is 3. The van der Waals surface area contributed by atoms with E-state index in [9.17, 15) is 0 Å². The van der Waals surface area contributed by atoms with Gasteiger partial charge in [0.15, 0.2) is 0 Å². The minimum absolute atomic E-state index is 0.784. The fraction of sp³-hybridized carbons (Fsp3) is 0.0625. The Balaban J connectivity index is 2.13. The molecular weight excluding hydrogens is 234 g/mol. The zero-order valence-corrected chi connectivity index (χ0v) is 10.7. The largest absolute Gasteiger partial charge is 0.397 e. The molecule has 3 rings (SSSR count). The average molecular weight is 249 g/mol. The van der Waals surface area contributed by atoms with Crippen LogP contribution in [0.3, 0.4) is 0 Å². The minimum Gasteiger partial charge on any atom is -0.397 e. The number of benzene rings is 2. The van der Waals surface area contributed by atoms with E-state index >= 15 is 0 Å². The fourth-order valence-corrected chi connectivity index (χ4v) is 2.26. The molecule has 1 heterocycles. The zero-order chi connectivity index (χ0) is 13.2. The van der Waals surface area contributed by atoms with Crippen LogP contribution >= 0.6 is 0 Å². The maximum Gasteiger partial charge on any atom is 0.0648 e. The number of hydrogen-bond donors (Lipinski definition) is 1. The molecule has 2 aromatic carbocycles. The molecule has 0 radical (unpaired) electrons. The van der Waals surface area contributed by atoms with Gasteiger partial charge in [-0.2, -0.15) is 0 Å². The molecule has 0 saturated carbocycles. The van der Waals surface area contributed by atoms with Gasteiger partial charge in [0.2, 0.25) is 0 Å². The van der Waals surface area contributed by atoms with E-state index in [4.69, 9.17) is 5.73 Å². The van der Waals surface area contributed by atoms with Gasteiger partial charge in [-0.25, -0.2) is 0 Å². The van der Waals surface area contributed by atoms with Crippen LogP contribution in [0, 0.1) is 0 Å². The lowest BCUT2D eigenvalue weighted by Gasteiger charge is -2.22. The van der Waals surface area contributed by atoms with Crippen LogP contribution in [0.4, 0.5) is 17.1 Å². The van der Waals surface area contributed by atoms with E-state index in [-0.39, 0.29) is 0 Å². The van der Waals surface area contributed by atoms with Gasteiger partial charge in [0.1, 0.15) is 0 Å². The summed E-state index contributed by atoms with van der Waals surface area (Å²) in [4.78, 5) is 6.21. The molecule has 3 heteroatoms. The predicted octanol–water partition coefficient (Wildman–Crippen LogP) is 3.58. The fourth-order valence-electron chi connectivity index (χ4n) is 2.26. The van der Waals surface area contributed by atoms with Crippen molar-refractivity contribution in [3.63, 3.8) is 0 Å². The highest BCUT2D eigenvalue weighted by Gasteiger charge is 2.09. The summed E-state index contributed by atoms with van der Waals surface area (Å²) in [5, 5.41) is 2.10. The van der Waals surface area contributed by atoms with Crippen LogP contribution in [0.25, 0.3) is 10.8 Å². The van der Waals surface area contributed by atoms with E-state index < -0.39 is 0 Å². The molecule has 0 saturated heterocycles. The monoisotopic (exact) mass is 249 g/mol. The van der Waals surface area contributed by atoms with Gasteiger partial charge in [0.25, 0.3) is 0 Å². The molecule has 0 fully saturated rings. The summed E-state index contributed by atoms with van der Waals surface area (Å²) < 4.78 is 0. The van der Waals surface area contributed by atoms with Crippen LogP contribution in [0.1, 0.15) is 0 Å². The van der Waals surface area contributed by atoms with Gasteiger partial charge < -0.3 is 10.6 Å². The molecule has 0 spiro atoms. The van der Waals surface area contributed by atoms with Crippen LogP contribution in [0.5, 0.6) is 0 Å². The van der Waals surface area contributed by atoms with Gasteiger partial charge in [-0.15, -0.1) is 0 Å². The van der Waals surface area contributed by atoms with Crippen LogP contribution in [-0.4, -0.2) is 12.0 Å². The van der Waals surface area contributed by atoms with E-state index in [1.165, 1.54) is 0 Å². The van der Waals surface area contributed by atoms with Gasteiger partial charge >= 0.3 is 0 Å². The van der Waals surface area contributed by atoms with Crippen molar-refractivity contribution in [3.05, 3.63) is 60.9 Å². The predicted molar refractivity (Wildman–Crippen MR) is 80.7 cm³/mol. The van der Waals surface area contributed by atoms with E-state index in [1.54, 1.807) is 6.20 Å². The number of fused-ring (bicyclic) bond motifs is 1. The van der Waals surface area contributed by atoms with E-state index in [0.29, 0.717) is 0 Å². The summed E-state index contributed by atoms with van der Waals surface area (Å²) in [6.07, 6.45) is 3.60. The van der Waals surface area contributed by atoms with Crippen molar-refractivity contribution in [3.8, 4) is 0 Å². The van der Waals surface area contributed by atoms with Crippen LogP contribution in [0.15, 0.2) is 60.9 Å². The number of nitrogens with zero attached hydrogens (tertiary/aromatic N) is 2. The average Bonchev–Trinajstić information content (AvgIpc) is 2.48. The zero-order valence-electron chi connectivity index (χ0n) is 10.7. The molecule has 0 aliphatic rings. The molecule has 0 unspecified atom stereocenters. The van der Waals surface area contributed by atoms with Crippen LogP contribution in [-0.2, 0) is 0 Å². The Morgan fingerprint density at radius 3 is 2.58 bits per heavy atom. The van der Waals surface area contributed by atoms with Crippen LogP contribution in [0.2, 0.25) is 0 Å². The standard InChI is InChI=1S/C16H15N3/c1-19(13-5-3-2-4-6-13)15-8-7-12-11-18-10-9-14(12)16(15)17/h2-11H,17H2,1H3. The molecular formula is C16H15N3. The van der Waals surface area contributed by atoms with Gasteiger partial charge in [-0.1, -0.05) is 24.3 Å². The Bertz CT molecular complexity index is 708. The molecule has 0 amide bonds. The van der Waals surface area contributed by atoms with Crippen molar-refractivity contribution in [1.29, 1.82) is 0 Å². The van der Waals surface area contributed by atoms with Crippen LogP contribution < -0.4 is 10.6 Å². The highest BCUT2D eigenvalue weighted by molar-refractivity contribution is 5.99. The summed E-state index contributed by atoms with van der Waals surface area (Å²) in [5.41, 5.74) is 9.19. The first-order valence-electron chi connectivity index (χ1n) is 6.18. The minimum atomic E-state index is 0.784. The Labute approximate surface area is 112 Å². The van der Waals surface area contributed by atoms with Crippen molar-refractivity contribution in [2.75, 3.05) is 17.7 Å². The topological polar surface area (TPSA) is 42.2 Å². The molecule has 0 atom stereocenters. The maximum absolute atomic E-state index is 6.29. The Morgan fingerprint density at radius 2 is 1.79 bits per heavy atom. The van der Waals surface area contributed by atoms with Gasteiger partial charge in [-0.3, -0.25) is 4.98 Å². The number of rotatable bonds is 2. The Hall–Kier alpha value is -2.55. The summed E-state index contributed by atoms with van der Waals surface area (Å²) >= 11 is 0. The van der Waals surface area contributed by atoms with Crippen molar-refractivity contribution >= 4 is 27.8 Å². The first-order valence-corrected chi connectivity index (χ1v) is 6.18. The molecule has 3 nitrogen and oxygen atoms in total. The number of pyridine rings is 1. The number of nitrogens with two attached hydrogens (primary N) is 1. The third-order valence-electron chi connectivity index (χ3n) is 3.34. The molecule has 1 aromatic heterocycles. The second kappa shape index (κ2) is 4.61. The lowest BCUT2D eigenvalue weighted by Crippen LogP contribution is -2.11. The maximum atomic E-state index is 6.29. The molecule has 0 aliphatic heterocycles. The van der Waals surface area contributed by atoms with Crippen molar-refractivity contribution in [1.82, 2.24) is 4.98 Å². The lowest BCUT2D eigenvalue weighted by atomic mass is 10.1. The van der Waals surface area contributed by atoms with Gasteiger partial charge in [-0.05, 0) is 24.3 Å². The second-order valence-electron chi connectivity index (χ2n) is 4.49. The molecule has 2 N–H and O–H groups in total. The smallest absolute Gasteiger partial charge is 0.0648 e. The van der Waals surface area contributed by atoms with E-state index in [2.05, 4.69) is 22.0 Å². The lowest BCUT2D eigenvalue weighted by molar-refractivity contribution is 1.21. The number of nitrogen functional groups attached to an aromatic ring is 1.